The predicted molar refractivity (Wildman–Crippen MR) is 77.1 cm³/mol. The summed E-state index contributed by atoms with van der Waals surface area (Å²) in [7, 11) is 0. The van der Waals surface area contributed by atoms with Crippen molar-refractivity contribution in [3.63, 3.8) is 0 Å². The molecular formula is C16H20N2O2. The zero-order chi connectivity index (χ0) is 14.4. The molecule has 1 saturated carbocycles. The largest absolute Gasteiger partial charge is 0.395 e. The minimum atomic E-state index is -0.131. The molecule has 0 aromatic carbocycles. The minimum Gasteiger partial charge on any atom is -0.395 e. The maximum absolute atomic E-state index is 12.0. The van der Waals surface area contributed by atoms with Crippen molar-refractivity contribution >= 4 is 5.91 Å². The highest BCUT2D eigenvalue weighted by Gasteiger charge is 2.31. The number of rotatable bonds is 4. The highest BCUT2D eigenvalue weighted by Crippen LogP contribution is 2.39. The number of carbonyl (C=O) groups excluding carboxylic acids is 1. The maximum Gasteiger partial charge on any atom is 0.269 e. The maximum atomic E-state index is 12.0. The Labute approximate surface area is 119 Å². The van der Waals surface area contributed by atoms with Crippen LogP contribution in [0.25, 0.3) is 0 Å². The zero-order valence-corrected chi connectivity index (χ0v) is 11.8. The van der Waals surface area contributed by atoms with Gasteiger partial charge in [0.1, 0.15) is 5.69 Å². The molecule has 0 unspecified atom stereocenters. The second-order valence-electron chi connectivity index (χ2n) is 5.55. The first kappa shape index (κ1) is 14.5. The second kappa shape index (κ2) is 6.53. The van der Waals surface area contributed by atoms with E-state index >= 15 is 0 Å². The van der Waals surface area contributed by atoms with Gasteiger partial charge >= 0.3 is 0 Å². The van der Waals surface area contributed by atoms with Crippen LogP contribution < -0.4 is 5.32 Å². The van der Waals surface area contributed by atoms with Crippen molar-refractivity contribution in [1.29, 1.82) is 0 Å². The first-order valence-corrected chi connectivity index (χ1v) is 6.97. The first-order valence-electron chi connectivity index (χ1n) is 6.97. The third kappa shape index (κ3) is 3.82. The van der Waals surface area contributed by atoms with Gasteiger partial charge < -0.3 is 10.4 Å². The summed E-state index contributed by atoms with van der Waals surface area (Å²) in [5.41, 5.74) is 1.44. The van der Waals surface area contributed by atoms with Crippen molar-refractivity contribution in [3.8, 4) is 11.8 Å². The Balaban J connectivity index is 1.89. The average molecular weight is 272 g/mol. The van der Waals surface area contributed by atoms with Crippen molar-refractivity contribution in [2.45, 2.75) is 32.6 Å². The molecule has 1 fully saturated rings. The SMILES string of the molecule is CC1(CNC(=O)c2ccc(C#CCCO)cn2)CCC1. The molecule has 0 radical (unpaired) electrons. The van der Waals surface area contributed by atoms with E-state index in [0.29, 0.717) is 18.7 Å². The van der Waals surface area contributed by atoms with Gasteiger partial charge in [0, 0.05) is 24.7 Å². The van der Waals surface area contributed by atoms with Crippen LogP contribution in [-0.4, -0.2) is 29.1 Å². The van der Waals surface area contributed by atoms with Crippen LogP contribution in [0.4, 0.5) is 0 Å². The fourth-order valence-electron chi connectivity index (χ4n) is 2.16. The molecule has 0 atom stereocenters. The van der Waals surface area contributed by atoms with Gasteiger partial charge in [-0.25, -0.2) is 4.98 Å². The lowest BCUT2D eigenvalue weighted by atomic mass is 9.70. The third-order valence-corrected chi connectivity index (χ3v) is 3.70. The molecule has 1 heterocycles. The van der Waals surface area contributed by atoms with E-state index in [1.54, 1.807) is 18.3 Å². The summed E-state index contributed by atoms with van der Waals surface area (Å²) in [5.74, 6) is 5.57. The van der Waals surface area contributed by atoms with Crippen LogP contribution in [0.15, 0.2) is 18.3 Å². The Morgan fingerprint density at radius 2 is 2.30 bits per heavy atom. The van der Waals surface area contributed by atoms with Crippen LogP contribution in [0.2, 0.25) is 0 Å². The molecular weight excluding hydrogens is 252 g/mol. The van der Waals surface area contributed by atoms with Crippen molar-refractivity contribution in [1.82, 2.24) is 10.3 Å². The molecule has 1 aromatic heterocycles. The summed E-state index contributed by atoms with van der Waals surface area (Å²) in [6, 6.07) is 3.46. The Morgan fingerprint density at radius 3 is 2.85 bits per heavy atom. The average Bonchev–Trinajstić information content (AvgIpc) is 2.44. The fourth-order valence-corrected chi connectivity index (χ4v) is 2.16. The number of aliphatic hydroxyl groups excluding tert-OH is 1. The summed E-state index contributed by atoms with van der Waals surface area (Å²) in [4.78, 5) is 16.1. The molecule has 4 nitrogen and oxygen atoms in total. The summed E-state index contributed by atoms with van der Waals surface area (Å²) in [6.07, 6.45) is 5.65. The molecule has 1 aliphatic carbocycles. The van der Waals surface area contributed by atoms with Gasteiger partial charge in [0.05, 0.1) is 6.61 Å². The van der Waals surface area contributed by atoms with Crippen molar-refractivity contribution in [2.24, 2.45) is 5.41 Å². The lowest BCUT2D eigenvalue weighted by Gasteiger charge is -2.38. The molecule has 20 heavy (non-hydrogen) atoms. The fraction of sp³-hybridized carbons (Fsp3) is 0.500. The number of aromatic nitrogens is 1. The van der Waals surface area contributed by atoms with E-state index in [9.17, 15) is 4.79 Å². The first-order chi connectivity index (χ1) is 9.63. The van der Waals surface area contributed by atoms with Crippen LogP contribution in [0.5, 0.6) is 0 Å². The highest BCUT2D eigenvalue weighted by molar-refractivity contribution is 5.92. The van der Waals surface area contributed by atoms with Crippen molar-refractivity contribution in [3.05, 3.63) is 29.6 Å². The summed E-state index contributed by atoms with van der Waals surface area (Å²) in [5, 5.41) is 11.6. The normalized spacial score (nSPS) is 15.7. The molecule has 0 saturated heterocycles. The van der Waals surface area contributed by atoms with E-state index in [0.717, 1.165) is 5.56 Å². The molecule has 1 aliphatic rings. The topological polar surface area (TPSA) is 62.2 Å². The van der Waals surface area contributed by atoms with Gasteiger partial charge in [-0.3, -0.25) is 4.79 Å². The second-order valence-corrected chi connectivity index (χ2v) is 5.55. The van der Waals surface area contributed by atoms with Gasteiger partial charge in [0.25, 0.3) is 5.91 Å². The van der Waals surface area contributed by atoms with E-state index in [2.05, 4.69) is 29.1 Å². The van der Waals surface area contributed by atoms with Crippen molar-refractivity contribution < 1.29 is 9.90 Å². The summed E-state index contributed by atoms with van der Waals surface area (Å²) >= 11 is 0. The van der Waals surface area contributed by atoms with Gasteiger partial charge in [-0.1, -0.05) is 25.2 Å². The number of carbonyl (C=O) groups is 1. The Hall–Kier alpha value is -1.86. The van der Waals surface area contributed by atoms with E-state index in [1.165, 1.54) is 19.3 Å². The van der Waals surface area contributed by atoms with E-state index in [4.69, 9.17) is 5.11 Å². The Bertz CT molecular complexity index is 522. The van der Waals surface area contributed by atoms with Crippen LogP contribution >= 0.6 is 0 Å². The molecule has 0 aliphatic heterocycles. The number of nitrogens with one attached hydrogen (secondary N) is 1. The Kier molecular flexibility index (Phi) is 4.75. The monoisotopic (exact) mass is 272 g/mol. The zero-order valence-electron chi connectivity index (χ0n) is 11.8. The number of hydrogen-bond acceptors (Lipinski definition) is 3. The lowest BCUT2D eigenvalue weighted by Crippen LogP contribution is -2.40. The Morgan fingerprint density at radius 1 is 1.50 bits per heavy atom. The number of aliphatic hydroxyl groups is 1. The predicted octanol–water partition coefficient (Wildman–Crippen LogP) is 1.74. The van der Waals surface area contributed by atoms with E-state index in [1.807, 2.05) is 0 Å². The van der Waals surface area contributed by atoms with Crippen LogP contribution in [0.1, 0.15) is 48.7 Å². The summed E-state index contributed by atoms with van der Waals surface area (Å²) in [6.45, 7) is 2.97. The van der Waals surface area contributed by atoms with E-state index in [-0.39, 0.29) is 17.9 Å². The van der Waals surface area contributed by atoms with Gasteiger partial charge in [-0.2, -0.15) is 0 Å². The molecule has 106 valence electrons. The third-order valence-electron chi connectivity index (χ3n) is 3.70. The molecule has 1 aromatic rings. The molecule has 2 N–H and O–H groups in total. The molecule has 4 heteroatoms. The van der Waals surface area contributed by atoms with Crippen molar-refractivity contribution in [2.75, 3.05) is 13.2 Å². The lowest BCUT2D eigenvalue weighted by molar-refractivity contribution is 0.0886. The van der Waals surface area contributed by atoms with Crippen LogP contribution in [0.3, 0.4) is 0 Å². The van der Waals surface area contributed by atoms with Gasteiger partial charge in [0.15, 0.2) is 0 Å². The van der Waals surface area contributed by atoms with Crippen LogP contribution in [0, 0.1) is 17.3 Å². The molecule has 1 amide bonds. The number of pyridine rings is 1. The minimum absolute atomic E-state index is 0.0552. The smallest absolute Gasteiger partial charge is 0.269 e. The standard InChI is InChI=1S/C16H20N2O2/c1-16(8-4-9-16)12-18-15(20)14-7-6-13(11-17-14)5-2-3-10-19/h6-7,11,19H,3-4,8-10,12H2,1H3,(H,18,20). The summed E-state index contributed by atoms with van der Waals surface area (Å²) < 4.78 is 0. The molecule has 2 rings (SSSR count). The quantitative estimate of drug-likeness (QED) is 0.821. The van der Waals surface area contributed by atoms with Gasteiger partial charge in [0.2, 0.25) is 0 Å². The molecule has 0 bridgehead atoms. The number of amides is 1. The highest BCUT2D eigenvalue weighted by atomic mass is 16.2. The van der Waals surface area contributed by atoms with Gasteiger partial charge in [-0.15, -0.1) is 0 Å². The number of hydrogen-bond donors (Lipinski definition) is 2. The number of nitrogens with zero attached hydrogens (tertiary/aromatic N) is 1. The van der Waals surface area contributed by atoms with Gasteiger partial charge in [-0.05, 0) is 30.4 Å². The van der Waals surface area contributed by atoms with E-state index < -0.39 is 0 Å². The molecule has 0 spiro atoms. The van der Waals surface area contributed by atoms with Crippen LogP contribution in [-0.2, 0) is 0 Å².